The fourth-order valence-electron chi connectivity index (χ4n) is 3.66. The molecular weight excluding hydrogens is 290 g/mol. The summed E-state index contributed by atoms with van der Waals surface area (Å²) in [6, 6.07) is -0.147. The lowest BCUT2D eigenvalue weighted by Crippen LogP contribution is -2.53. The molecule has 7 heteroatoms. The van der Waals surface area contributed by atoms with Crippen molar-refractivity contribution in [2.24, 2.45) is 16.5 Å². The van der Waals surface area contributed by atoms with Crippen LogP contribution in [0.25, 0.3) is 0 Å². The van der Waals surface area contributed by atoms with Gasteiger partial charge in [0.05, 0.1) is 0 Å². The number of piperidine rings is 1. The molecule has 3 N–H and O–H groups in total. The number of amides is 1. The molecule has 0 unspecified atom stereocenters. The molecule has 122 valence electrons. The third-order valence-corrected chi connectivity index (χ3v) is 5.34. The minimum atomic E-state index is -3.65. The first-order valence-electron chi connectivity index (χ1n) is 7.81. The highest BCUT2D eigenvalue weighted by Crippen LogP contribution is 2.47. The molecule has 2 aliphatic rings. The standard InChI is InChI=1S/C14H27N3O3S/c1-11(2)10-14(6-3-7-14)13(18)17-8-4-12(5-9-17)16-21(15,19)20/h11-12,16H,3-10H2,1-2H3,(H2,15,19,20). The van der Waals surface area contributed by atoms with Crippen LogP contribution >= 0.6 is 0 Å². The number of nitrogens with one attached hydrogen (secondary N) is 1. The number of hydrogen-bond donors (Lipinski definition) is 2. The minimum absolute atomic E-state index is 0.144. The van der Waals surface area contributed by atoms with Crippen molar-refractivity contribution in [2.45, 2.75) is 58.4 Å². The molecular formula is C14H27N3O3S. The summed E-state index contributed by atoms with van der Waals surface area (Å²) >= 11 is 0. The summed E-state index contributed by atoms with van der Waals surface area (Å²) in [4.78, 5) is 14.7. The van der Waals surface area contributed by atoms with Crippen LogP contribution < -0.4 is 9.86 Å². The maximum absolute atomic E-state index is 12.8. The normalized spacial score (nSPS) is 23.1. The Morgan fingerprint density at radius 3 is 2.29 bits per heavy atom. The van der Waals surface area contributed by atoms with Gasteiger partial charge in [-0.15, -0.1) is 0 Å². The van der Waals surface area contributed by atoms with Gasteiger partial charge in [-0.25, -0.2) is 5.14 Å². The molecule has 21 heavy (non-hydrogen) atoms. The molecule has 0 aromatic heterocycles. The zero-order valence-corrected chi connectivity index (χ0v) is 13.8. The van der Waals surface area contributed by atoms with Crippen LogP contribution in [0.3, 0.4) is 0 Å². The molecule has 0 aromatic carbocycles. The molecule has 0 radical (unpaired) electrons. The van der Waals surface area contributed by atoms with Gasteiger partial charge in [0.15, 0.2) is 0 Å². The summed E-state index contributed by atoms with van der Waals surface area (Å²) in [5, 5.41) is 5.00. The molecule has 1 amide bonds. The first-order valence-corrected chi connectivity index (χ1v) is 9.36. The Morgan fingerprint density at radius 2 is 1.90 bits per heavy atom. The van der Waals surface area contributed by atoms with Gasteiger partial charge in [-0.05, 0) is 38.0 Å². The topological polar surface area (TPSA) is 92.5 Å². The zero-order chi connectivity index (χ0) is 15.7. The molecule has 1 aliphatic heterocycles. The van der Waals surface area contributed by atoms with E-state index >= 15 is 0 Å². The van der Waals surface area contributed by atoms with Crippen molar-refractivity contribution in [3.05, 3.63) is 0 Å². The van der Waals surface area contributed by atoms with E-state index in [2.05, 4.69) is 18.6 Å². The Bertz CT molecular complexity index is 478. The number of carbonyl (C=O) groups is 1. The number of nitrogens with zero attached hydrogens (tertiary/aromatic N) is 1. The highest BCUT2D eigenvalue weighted by atomic mass is 32.2. The van der Waals surface area contributed by atoms with Crippen molar-refractivity contribution < 1.29 is 13.2 Å². The molecule has 0 bridgehead atoms. The third-order valence-electron chi connectivity index (χ3n) is 4.68. The fraction of sp³-hybridized carbons (Fsp3) is 0.929. The Morgan fingerprint density at radius 1 is 1.33 bits per heavy atom. The van der Waals surface area contributed by atoms with Crippen molar-refractivity contribution in [1.29, 1.82) is 0 Å². The summed E-state index contributed by atoms with van der Waals surface area (Å²) in [6.07, 6.45) is 5.38. The predicted octanol–water partition coefficient (Wildman–Crippen LogP) is 0.987. The van der Waals surface area contributed by atoms with Gasteiger partial charge in [-0.2, -0.15) is 13.1 Å². The van der Waals surface area contributed by atoms with Gasteiger partial charge < -0.3 is 4.90 Å². The van der Waals surface area contributed by atoms with Crippen LogP contribution in [0.5, 0.6) is 0 Å². The van der Waals surface area contributed by atoms with E-state index in [0.717, 1.165) is 25.7 Å². The Labute approximate surface area is 127 Å². The number of carbonyl (C=O) groups excluding carboxylic acids is 1. The van der Waals surface area contributed by atoms with E-state index in [1.165, 1.54) is 0 Å². The highest BCUT2D eigenvalue weighted by molar-refractivity contribution is 7.87. The summed E-state index contributed by atoms with van der Waals surface area (Å²) in [6.45, 7) is 5.56. The molecule has 2 fully saturated rings. The number of nitrogens with two attached hydrogens (primary N) is 1. The molecule has 6 nitrogen and oxygen atoms in total. The minimum Gasteiger partial charge on any atom is -0.342 e. The first kappa shape index (κ1) is 16.7. The summed E-state index contributed by atoms with van der Waals surface area (Å²) < 4.78 is 24.5. The van der Waals surface area contributed by atoms with Gasteiger partial charge in [0, 0.05) is 24.5 Å². The molecule has 0 spiro atoms. The van der Waals surface area contributed by atoms with Crippen LogP contribution in [0.15, 0.2) is 0 Å². The SMILES string of the molecule is CC(C)CC1(C(=O)N2CCC(NS(N)(=O)=O)CC2)CCC1. The van der Waals surface area contributed by atoms with Crippen LogP contribution in [0.1, 0.15) is 52.4 Å². The monoisotopic (exact) mass is 317 g/mol. The van der Waals surface area contributed by atoms with E-state index in [1.54, 1.807) is 0 Å². The van der Waals surface area contributed by atoms with Crippen molar-refractivity contribution in [2.75, 3.05) is 13.1 Å². The van der Waals surface area contributed by atoms with Crippen molar-refractivity contribution in [3.63, 3.8) is 0 Å². The number of hydrogen-bond acceptors (Lipinski definition) is 3. The van der Waals surface area contributed by atoms with Gasteiger partial charge in [0.1, 0.15) is 0 Å². The Hall–Kier alpha value is -0.660. The third kappa shape index (κ3) is 4.17. The highest BCUT2D eigenvalue weighted by Gasteiger charge is 2.46. The Balaban J connectivity index is 1.91. The lowest BCUT2D eigenvalue weighted by molar-refractivity contribution is -0.150. The maximum Gasteiger partial charge on any atom is 0.274 e. The van der Waals surface area contributed by atoms with Crippen LogP contribution in [0, 0.1) is 11.3 Å². The van der Waals surface area contributed by atoms with E-state index in [0.29, 0.717) is 31.8 Å². The quantitative estimate of drug-likeness (QED) is 0.792. The van der Waals surface area contributed by atoms with Crippen LogP contribution in [0.4, 0.5) is 0 Å². The lowest BCUT2D eigenvalue weighted by atomic mass is 9.63. The molecule has 0 atom stereocenters. The average Bonchev–Trinajstić information content (AvgIpc) is 2.32. The van der Waals surface area contributed by atoms with Crippen LogP contribution in [-0.2, 0) is 15.0 Å². The summed E-state index contributed by atoms with van der Waals surface area (Å²) in [7, 11) is -3.65. The number of likely N-dealkylation sites (tertiary alicyclic amines) is 1. The zero-order valence-electron chi connectivity index (χ0n) is 13.0. The molecule has 1 aliphatic carbocycles. The summed E-state index contributed by atoms with van der Waals surface area (Å²) in [5.74, 6) is 0.798. The van der Waals surface area contributed by atoms with E-state index in [-0.39, 0.29) is 17.4 Å². The summed E-state index contributed by atoms with van der Waals surface area (Å²) in [5.41, 5.74) is -0.144. The van der Waals surface area contributed by atoms with Crippen LogP contribution in [-0.4, -0.2) is 38.4 Å². The molecule has 1 saturated heterocycles. The van der Waals surface area contributed by atoms with E-state index < -0.39 is 10.2 Å². The second-order valence-corrected chi connectivity index (χ2v) is 8.29. The molecule has 2 rings (SSSR count). The molecule has 0 aromatic rings. The van der Waals surface area contributed by atoms with E-state index in [4.69, 9.17) is 5.14 Å². The lowest BCUT2D eigenvalue weighted by Gasteiger charge is -2.46. The van der Waals surface area contributed by atoms with Crippen molar-refractivity contribution in [3.8, 4) is 0 Å². The molecule has 1 saturated carbocycles. The van der Waals surface area contributed by atoms with Crippen molar-refractivity contribution >= 4 is 16.1 Å². The Kier molecular flexibility index (Phi) is 4.95. The van der Waals surface area contributed by atoms with Gasteiger partial charge in [-0.1, -0.05) is 20.3 Å². The number of rotatable bonds is 5. The van der Waals surface area contributed by atoms with Gasteiger partial charge in [0.25, 0.3) is 10.2 Å². The van der Waals surface area contributed by atoms with Gasteiger partial charge in [0.2, 0.25) is 5.91 Å². The van der Waals surface area contributed by atoms with Crippen molar-refractivity contribution in [1.82, 2.24) is 9.62 Å². The van der Waals surface area contributed by atoms with Crippen LogP contribution in [0.2, 0.25) is 0 Å². The van der Waals surface area contributed by atoms with E-state index in [9.17, 15) is 13.2 Å². The molecule has 1 heterocycles. The van der Waals surface area contributed by atoms with Gasteiger partial charge in [-0.3, -0.25) is 4.79 Å². The fourth-order valence-corrected chi connectivity index (χ4v) is 4.36. The second-order valence-electron chi connectivity index (χ2n) is 6.96. The maximum atomic E-state index is 12.8. The second kappa shape index (κ2) is 6.22. The first-order chi connectivity index (χ1) is 9.72. The smallest absolute Gasteiger partial charge is 0.274 e. The largest absolute Gasteiger partial charge is 0.342 e. The average molecular weight is 317 g/mol. The van der Waals surface area contributed by atoms with Gasteiger partial charge >= 0.3 is 0 Å². The van der Waals surface area contributed by atoms with E-state index in [1.807, 2.05) is 4.90 Å². The predicted molar refractivity (Wildman–Crippen MR) is 81.6 cm³/mol.